The molecule has 3 rings (SSSR count). The zero-order chi connectivity index (χ0) is 14.3. The second-order valence-corrected chi connectivity index (χ2v) is 6.60. The van der Waals surface area contributed by atoms with Crippen molar-refractivity contribution in [3.05, 3.63) is 36.4 Å². The number of anilines is 3. The van der Waals surface area contributed by atoms with Gasteiger partial charge in [-0.05, 0) is 24.3 Å². The second kappa shape index (κ2) is 5.04. The van der Waals surface area contributed by atoms with Crippen molar-refractivity contribution in [2.45, 2.75) is 9.79 Å². The lowest BCUT2D eigenvalue weighted by Gasteiger charge is -2.23. The van der Waals surface area contributed by atoms with Gasteiger partial charge in [-0.1, -0.05) is 11.8 Å². The first-order valence-electron chi connectivity index (χ1n) is 6.75. The molecule has 104 valence electrons. The quantitative estimate of drug-likeness (QED) is 0.756. The van der Waals surface area contributed by atoms with Crippen molar-refractivity contribution < 1.29 is 4.90 Å². The molecular formula is C16H20N3S+. The molecule has 0 saturated carbocycles. The fourth-order valence-electron chi connectivity index (χ4n) is 2.26. The van der Waals surface area contributed by atoms with E-state index >= 15 is 0 Å². The highest BCUT2D eigenvalue weighted by atomic mass is 32.2. The molecule has 1 aliphatic heterocycles. The first-order valence-corrected chi connectivity index (χ1v) is 7.57. The van der Waals surface area contributed by atoms with E-state index in [1.807, 2.05) is 11.8 Å². The molecule has 0 spiro atoms. The summed E-state index contributed by atoms with van der Waals surface area (Å²) in [5.41, 5.74) is 4.93. The number of fused-ring (bicyclic) bond motifs is 2. The van der Waals surface area contributed by atoms with E-state index in [1.54, 1.807) is 0 Å². The highest BCUT2D eigenvalue weighted by molar-refractivity contribution is 7.99. The SMILES string of the molecule is CN(C)c1ccc2c(c1)Sc1cc([NH+](C)C)ccc1N2. The Hall–Kier alpha value is -1.65. The largest absolute Gasteiger partial charge is 0.378 e. The van der Waals surface area contributed by atoms with E-state index in [2.05, 4.69) is 74.8 Å². The molecule has 4 heteroatoms. The summed E-state index contributed by atoms with van der Waals surface area (Å²) in [7, 11) is 8.45. The zero-order valence-corrected chi connectivity index (χ0v) is 13.1. The topological polar surface area (TPSA) is 19.7 Å². The second-order valence-electron chi connectivity index (χ2n) is 5.51. The number of benzene rings is 2. The van der Waals surface area contributed by atoms with Crippen molar-refractivity contribution >= 4 is 34.5 Å². The molecule has 0 atom stereocenters. The third-order valence-corrected chi connectivity index (χ3v) is 4.65. The Labute approximate surface area is 124 Å². The molecule has 0 aromatic heterocycles. The van der Waals surface area contributed by atoms with Gasteiger partial charge in [0.05, 0.1) is 25.5 Å². The molecule has 0 unspecified atom stereocenters. The molecule has 0 radical (unpaired) electrons. The summed E-state index contributed by atoms with van der Waals surface area (Å²) in [6, 6.07) is 13.2. The molecule has 2 aromatic rings. The Balaban J connectivity index is 1.99. The first-order chi connectivity index (χ1) is 9.54. The van der Waals surface area contributed by atoms with Gasteiger partial charge in [0, 0.05) is 41.7 Å². The Morgan fingerprint density at radius 2 is 1.60 bits per heavy atom. The Morgan fingerprint density at radius 3 is 2.25 bits per heavy atom. The van der Waals surface area contributed by atoms with Gasteiger partial charge in [-0.15, -0.1) is 0 Å². The minimum atomic E-state index is 1.19. The lowest BCUT2D eigenvalue weighted by Crippen LogP contribution is -3.00. The molecule has 2 aromatic carbocycles. The van der Waals surface area contributed by atoms with E-state index in [1.165, 1.54) is 37.4 Å². The van der Waals surface area contributed by atoms with E-state index in [9.17, 15) is 0 Å². The highest BCUT2D eigenvalue weighted by Gasteiger charge is 2.18. The predicted octanol–water partition coefficient (Wildman–Crippen LogP) is 2.74. The standard InChI is InChI=1S/C16H19N3S/c1-18(2)11-5-7-13-15(9-11)20-16-10-12(19(3)4)6-8-14(16)17-13/h5-10,17H,1-4H3/p+1. The first kappa shape index (κ1) is 13.3. The van der Waals surface area contributed by atoms with Crippen LogP contribution in [0.15, 0.2) is 46.2 Å². The van der Waals surface area contributed by atoms with Gasteiger partial charge in [-0.3, -0.25) is 0 Å². The minimum Gasteiger partial charge on any atom is -0.378 e. The van der Waals surface area contributed by atoms with Gasteiger partial charge < -0.3 is 15.1 Å². The van der Waals surface area contributed by atoms with Gasteiger partial charge >= 0.3 is 0 Å². The summed E-state index contributed by atoms with van der Waals surface area (Å²) in [5.74, 6) is 0. The maximum Gasteiger partial charge on any atom is 0.132 e. The maximum atomic E-state index is 3.52. The van der Waals surface area contributed by atoms with E-state index in [-0.39, 0.29) is 0 Å². The Bertz CT molecular complexity index is 595. The maximum absolute atomic E-state index is 3.52. The molecule has 0 amide bonds. The summed E-state index contributed by atoms with van der Waals surface area (Å²) in [6.45, 7) is 0. The van der Waals surface area contributed by atoms with E-state index in [0.717, 1.165) is 0 Å². The minimum absolute atomic E-state index is 1.19. The number of rotatable bonds is 2. The van der Waals surface area contributed by atoms with Crippen molar-refractivity contribution in [3.63, 3.8) is 0 Å². The molecule has 1 heterocycles. The average molecular weight is 286 g/mol. The zero-order valence-electron chi connectivity index (χ0n) is 12.3. The van der Waals surface area contributed by atoms with Gasteiger partial charge in [0.15, 0.2) is 0 Å². The van der Waals surface area contributed by atoms with Crippen LogP contribution in [0.3, 0.4) is 0 Å². The fraction of sp³-hybridized carbons (Fsp3) is 0.250. The van der Waals surface area contributed by atoms with Crippen molar-refractivity contribution in [1.29, 1.82) is 0 Å². The fourth-order valence-corrected chi connectivity index (χ4v) is 3.32. The molecule has 0 fully saturated rings. The van der Waals surface area contributed by atoms with Crippen molar-refractivity contribution in [2.24, 2.45) is 0 Å². The molecule has 0 aliphatic carbocycles. The molecule has 0 bridgehead atoms. The Morgan fingerprint density at radius 1 is 0.950 bits per heavy atom. The van der Waals surface area contributed by atoms with Gasteiger partial charge in [0.1, 0.15) is 5.69 Å². The van der Waals surface area contributed by atoms with Crippen LogP contribution in [0.5, 0.6) is 0 Å². The summed E-state index contributed by atoms with van der Waals surface area (Å²) in [5, 5.41) is 3.52. The van der Waals surface area contributed by atoms with Crippen LogP contribution in [0.2, 0.25) is 0 Å². The lowest BCUT2D eigenvalue weighted by atomic mass is 10.2. The number of nitrogens with zero attached hydrogens (tertiary/aromatic N) is 1. The van der Waals surface area contributed by atoms with Crippen LogP contribution in [0, 0.1) is 0 Å². The normalized spacial score (nSPS) is 12.7. The van der Waals surface area contributed by atoms with E-state index in [0.29, 0.717) is 0 Å². The predicted molar refractivity (Wildman–Crippen MR) is 87.1 cm³/mol. The van der Waals surface area contributed by atoms with Crippen LogP contribution >= 0.6 is 11.8 Å². The molecular weight excluding hydrogens is 266 g/mol. The highest BCUT2D eigenvalue weighted by Crippen LogP contribution is 2.45. The van der Waals surface area contributed by atoms with E-state index in [4.69, 9.17) is 0 Å². The smallest absolute Gasteiger partial charge is 0.132 e. The summed E-state index contributed by atoms with van der Waals surface area (Å²) >= 11 is 1.84. The third-order valence-electron chi connectivity index (χ3n) is 3.53. The number of hydrogen-bond donors (Lipinski definition) is 2. The monoisotopic (exact) mass is 286 g/mol. The van der Waals surface area contributed by atoms with Crippen LogP contribution < -0.4 is 15.1 Å². The van der Waals surface area contributed by atoms with Crippen LogP contribution in [0.25, 0.3) is 0 Å². The summed E-state index contributed by atoms with van der Waals surface area (Å²) in [4.78, 5) is 6.07. The van der Waals surface area contributed by atoms with Crippen molar-refractivity contribution in [3.8, 4) is 0 Å². The summed E-state index contributed by atoms with van der Waals surface area (Å²) < 4.78 is 0. The van der Waals surface area contributed by atoms with Crippen LogP contribution in [-0.4, -0.2) is 28.2 Å². The van der Waals surface area contributed by atoms with Gasteiger partial charge in [-0.25, -0.2) is 0 Å². The van der Waals surface area contributed by atoms with Crippen LogP contribution in [-0.2, 0) is 0 Å². The molecule has 3 nitrogen and oxygen atoms in total. The van der Waals surface area contributed by atoms with Crippen LogP contribution in [0.1, 0.15) is 0 Å². The number of nitrogens with one attached hydrogen (secondary N) is 2. The van der Waals surface area contributed by atoms with Crippen LogP contribution in [0.4, 0.5) is 22.7 Å². The van der Waals surface area contributed by atoms with Gasteiger partial charge in [0.25, 0.3) is 0 Å². The lowest BCUT2D eigenvalue weighted by molar-refractivity contribution is -0.786. The van der Waals surface area contributed by atoms with E-state index < -0.39 is 0 Å². The van der Waals surface area contributed by atoms with Gasteiger partial charge in [0.2, 0.25) is 0 Å². The van der Waals surface area contributed by atoms with Crippen molar-refractivity contribution in [2.75, 3.05) is 38.4 Å². The number of hydrogen-bond acceptors (Lipinski definition) is 3. The molecule has 2 N–H and O–H groups in total. The molecule has 20 heavy (non-hydrogen) atoms. The number of quaternary nitrogens is 1. The van der Waals surface area contributed by atoms with Gasteiger partial charge in [-0.2, -0.15) is 0 Å². The third kappa shape index (κ3) is 2.37. The Kier molecular flexibility index (Phi) is 3.36. The molecule has 1 aliphatic rings. The summed E-state index contributed by atoms with van der Waals surface area (Å²) in [6.07, 6.45) is 0. The molecule has 0 saturated heterocycles. The average Bonchev–Trinajstić information content (AvgIpc) is 2.43. The van der Waals surface area contributed by atoms with Crippen molar-refractivity contribution in [1.82, 2.24) is 0 Å².